The Bertz CT molecular complexity index is 470. The number of halogens is 3. The minimum atomic E-state index is -4.37. The molecule has 0 unspecified atom stereocenters. The first-order valence-electron chi connectivity index (χ1n) is 7.64. The first kappa shape index (κ1) is 16.8. The SMILES string of the molecule is O=C(NN[C@H](CC1CCCCC1)C(F)(F)F)c1ccccc1. The highest BCUT2D eigenvalue weighted by atomic mass is 19.4. The summed E-state index contributed by atoms with van der Waals surface area (Å²) in [5.41, 5.74) is 4.69. The summed E-state index contributed by atoms with van der Waals surface area (Å²) in [4.78, 5) is 11.8. The van der Waals surface area contributed by atoms with Crippen molar-refractivity contribution in [3.05, 3.63) is 35.9 Å². The Hall–Kier alpha value is -1.56. The average molecular weight is 314 g/mol. The molecule has 1 atom stereocenters. The molecule has 0 aromatic heterocycles. The van der Waals surface area contributed by atoms with Gasteiger partial charge in [0.1, 0.15) is 6.04 Å². The molecular formula is C16H21F3N2O. The summed E-state index contributed by atoms with van der Waals surface area (Å²) in [6, 6.07) is 6.48. The molecule has 1 saturated carbocycles. The second-order valence-electron chi connectivity index (χ2n) is 5.80. The molecule has 0 saturated heterocycles. The molecule has 1 aliphatic rings. The van der Waals surface area contributed by atoms with Gasteiger partial charge in [-0.05, 0) is 24.5 Å². The predicted octanol–water partition coefficient (Wildman–Crippen LogP) is 3.82. The Morgan fingerprint density at radius 3 is 2.36 bits per heavy atom. The van der Waals surface area contributed by atoms with Crippen LogP contribution in [0.25, 0.3) is 0 Å². The smallest absolute Gasteiger partial charge is 0.287 e. The molecule has 0 aliphatic heterocycles. The van der Waals surface area contributed by atoms with Gasteiger partial charge < -0.3 is 0 Å². The Labute approximate surface area is 128 Å². The molecule has 1 fully saturated rings. The molecule has 3 nitrogen and oxygen atoms in total. The molecule has 1 aliphatic carbocycles. The second kappa shape index (κ2) is 7.63. The third-order valence-electron chi connectivity index (χ3n) is 4.08. The lowest BCUT2D eigenvalue weighted by atomic mass is 9.85. The quantitative estimate of drug-likeness (QED) is 0.811. The summed E-state index contributed by atoms with van der Waals surface area (Å²) in [6.45, 7) is 0. The number of benzene rings is 1. The fourth-order valence-electron chi connectivity index (χ4n) is 2.84. The Morgan fingerprint density at radius 1 is 1.14 bits per heavy atom. The summed E-state index contributed by atoms with van der Waals surface area (Å²) in [7, 11) is 0. The summed E-state index contributed by atoms with van der Waals surface area (Å²) < 4.78 is 39.3. The van der Waals surface area contributed by atoms with Crippen LogP contribution in [0.4, 0.5) is 13.2 Å². The van der Waals surface area contributed by atoms with E-state index in [1.807, 2.05) is 0 Å². The van der Waals surface area contributed by atoms with Crippen LogP contribution in [0.3, 0.4) is 0 Å². The van der Waals surface area contributed by atoms with E-state index >= 15 is 0 Å². The summed E-state index contributed by atoms with van der Waals surface area (Å²) in [6.07, 6.45) is 0.393. The van der Waals surface area contributed by atoms with E-state index in [4.69, 9.17) is 0 Å². The molecule has 122 valence electrons. The highest BCUT2D eigenvalue weighted by Crippen LogP contribution is 2.32. The number of alkyl halides is 3. The third kappa shape index (κ3) is 5.02. The van der Waals surface area contributed by atoms with Gasteiger partial charge in [-0.1, -0.05) is 50.3 Å². The topological polar surface area (TPSA) is 41.1 Å². The maximum atomic E-state index is 13.1. The van der Waals surface area contributed by atoms with Crippen molar-refractivity contribution in [1.29, 1.82) is 0 Å². The normalized spacial score (nSPS) is 18.0. The van der Waals surface area contributed by atoms with Gasteiger partial charge in [0, 0.05) is 5.56 Å². The van der Waals surface area contributed by atoms with Crippen LogP contribution < -0.4 is 10.9 Å². The van der Waals surface area contributed by atoms with E-state index in [0.29, 0.717) is 5.56 Å². The van der Waals surface area contributed by atoms with Gasteiger partial charge in [-0.3, -0.25) is 10.2 Å². The molecule has 6 heteroatoms. The molecule has 2 rings (SSSR count). The van der Waals surface area contributed by atoms with Gasteiger partial charge in [0.15, 0.2) is 0 Å². The van der Waals surface area contributed by atoms with Crippen molar-refractivity contribution in [2.24, 2.45) is 5.92 Å². The van der Waals surface area contributed by atoms with Crippen molar-refractivity contribution in [3.8, 4) is 0 Å². The molecule has 0 bridgehead atoms. The van der Waals surface area contributed by atoms with E-state index in [0.717, 1.165) is 32.1 Å². The van der Waals surface area contributed by atoms with Crippen LogP contribution in [0, 0.1) is 5.92 Å². The second-order valence-corrected chi connectivity index (χ2v) is 5.80. The first-order valence-corrected chi connectivity index (χ1v) is 7.64. The van der Waals surface area contributed by atoms with Gasteiger partial charge in [-0.25, -0.2) is 5.43 Å². The van der Waals surface area contributed by atoms with Crippen LogP contribution in [-0.4, -0.2) is 18.1 Å². The van der Waals surface area contributed by atoms with Gasteiger partial charge in [0.05, 0.1) is 0 Å². The van der Waals surface area contributed by atoms with E-state index in [2.05, 4.69) is 10.9 Å². The number of amides is 1. The summed E-state index contributed by atoms with van der Waals surface area (Å²) >= 11 is 0. The van der Waals surface area contributed by atoms with Crippen molar-refractivity contribution < 1.29 is 18.0 Å². The zero-order valence-electron chi connectivity index (χ0n) is 12.3. The number of hydrogen-bond donors (Lipinski definition) is 2. The molecule has 2 N–H and O–H groups in total. The zero-order valence-corrected chi connectivity index (χ0v) is 12.3. The van der Waals surface area contributed by atoms with Crippen LogP contribution in [0.1, 0.15) is 48.9 Å². The van der Waals surface area contributed by atoms with Crippen molar-refractivity contribution >= 4 is 5.91 Å². The van der Waals surface area contributed by atoms with E-state index in [9.17, 15) is 18.0 Å². The largest absolute Gasteiger partial charge is 0.405 e. The van der Waals surface area contributed by atoms with Crippen LogP contribution in [0.15, 0.2) is 30.3 Å². The van der Waals surface area contributed by atoms with Gasteiger partial charge >= 0.3 is 6.18 Å². The van der Waals surface area contributed by atoms with Gasteiger partial charge in [0.2, 0.25) is 0 Å². The van der Waals surface area contributed by atoms with E-state index < -0.39 is 18.1 Å². The van der Waals surface area contributed by atoms with Gasteiger partial charge in [-0.15, -0.1) is 0 Å². The number of carbonyl (C=O) groups excluding carboxylic acids is 1. The van der Waals surface area contributed by atoms with Crippen LogP contribution in [0.5, 0.6) is 0 Å². The minimum absolute atomic E-state index is 0.0125. The van der Waals surface area contributed by atoms with Crippen molar-refractivity contribution in [2.75, 3.05) is 0 Å². The maximum Gasteiger partial charge on any atom is 0.405 e. The van der Waals surface area contributed by atoms with E-state index in [1.165, 1.54) is 0 Å². The van der Waals surface area contributed by atoms with Crippen molar-refractivity contribution in [3.63, 3.8) is 0 Å². The number of nitrogens with one attached hydrogen (secondary N) is 2. The minimum Gasteiger partial charge on any atom is -0.287 e. The standard InChI is InChI=1S/C16H21F3N2O/c17-16(18,19)14(11-12-7-3-1-4-8-12)20-21-15(22)13-9-5-2-6-10-13/h2,5-6,9-10,12,14,20H,1,3-4,7-8,11H2,(H,21,22)/t14-/m1/s1. The maximum absolute atomic E-state index is 13.1. The molecular weight excluding hydrogens is 293 g/mol. The number of carbonyl (C=O) groups is 1. The average Bonchev–Trinajstić information content (AvgIpc) is 2.52. The fraction of sp³-hybridized carbons (Fsp3) is 0.562. The van der Waals surface area contributed by atoms with Crippen LogP contribution >= 0.6 is 0 Å². The Kier molecular flexibility index (Phi) is 5.83. The van der Waals surface area contributed by atoms with E-state index in [1.54, 1.807) is 30.3 Å². The Morgan fingerprint density at radius 2 is 1.77 bits per heavy atom. The van der Waals surface area contributed by atoms with E-state index in [-0.39, 0.29) is 12.3 Å². The zero-order chi connectivity index (χ0) is 16.0. The van der Waals surface area contributed by atoms with Crippen molar-refractivity contribution in [1.82, 2.24) is 10.9 Å². The molecule has 0 spiro atoms. The lowest BCUT2D eigenvalue weighted by Gasteiger charge is -2.28. The number of hydrogen-bond acceptors (Lipinski definition) is 2. The molecule has 1 aromatic rings. The molecule has 0 heterocycles. The molecule has 22 heavy (non-hydrogen) atoms. The van der Waals surface area contributed by atoms with Crippen LogP contribution in [0.2, 0.25) is 0 Å². The molecule has 1 amide bonds. The predicted molar refractivity (Wildman–Crippen MR) is 78.1 cm³/mol. The highest BCUT2D eigenvalue weighted by molar-refractivity contribution is 5.93. The fourth-order valence-corrected chi connectivity index (χ4v) is 2.84. The third-order valence-corrected chi connectivity index (χ3v) is 4.08. The van der Waals surface area contributed by atoms with Gasteiger partial charge in [-0.2, -0.15) is 13.2 Å². The summed E-state index contributed by atoms with van der Waals surface area (Å²) in [5.74, 6) is -0.486. The van der Waals surface area contributed by atoms with Crippen molar-refractivity contribution in [2.45, 2.75) is 50.7 Å². The Balaban J connectivity index is 1.91. The first-order chi connectivity index (χ1) is 10.5. The summed E-state index contributed by atoms with van der Waals surface area (Å²) in [5, 5.41) is 0. The molecule has 1 aromatic carbocycles. The number of hydrazine groups is 1. The molecule has 0 radical (unpaired) electrons. The van der Waals surface area contributed by atoms with Gasteiger partial charge in [0.25, 0.3) is 5.91 Å². The monoisotopic (exact) mass is 314 g/mol. The lowest BCUT2D eigenvalue weighted by Crippen LogP contribution is -2.52. The highest BCUT2D eigenvalue weighted by Gasteiger charge is 2.41. The van der Waals surface area contributed by atoms with Crippen LogP contribution in [-0.2, 0) is 0 Å². The lowest BCUT2D eigenvalue weighted by molar-refractivity contribution is -0.162. The number of rotatable bonds is 5.